The molecule has 0 aliphatic carbocycles. The Labute approximate surface area is 641 Å². The molecule has 92 heavy (non-hydrogen) atoms. The summed E-state index contributed by atoms with van der Waals surface area (Å²) in [4.78, 5) is 0. The van der Waals surface area contributed by atoms with Crippen LogP contribution in [0, 0.1) is 23.7 Å². The Morgan fingerprint density at radius 1 is 0.196 bits per heavy atom. The minimum absolute atomic E-state index is 0. The number of hydrogen-bond acceptors (Lipinski definition) is 3. The van der Waals surface area contributed by atoms with Gasteiger partial charge in [0.05, 0.1) is 112 Å². The van der Waals surface area contributed by atoms with Gasteiger partial charge in [0, 0.05) is 91.0 Å². The monoisotopic (exact) mass is 2150 g/mol. The standard InChI is InChI=1S/C61H48O3.24ClH.4Sb/c1-62-55-25-13-22-52(40-55)59(43-16-7-4-8-17-43)49-34-28-46(29-35-49)58(47-30-36-50(37-31-47)60(44-18-9-5-10-19-44)53-23-14-26-56(41-53)63-2)48-32-38-51(39-33-48)61(45-20-11-6-12-21-45)54-24-15-27-57(42-54)64-3;;;;;;;;;;;;;;;;;;;;;;;;;;;;/h4-42H,1-3H3;24*1H;;;;/q+4;;;;;;;;;;;;;;;;;;;;;;;;;4*+5/p-24. The summed E-state index contributed by atoms with van der Waals surface area (Å²) < 4.78 is 17.0. The average molecular weight is 2170 g/mol. The first-order valence-corrected chi connectivity index (χ1v) is 89.5. The summed E-state index contributed by atoms with van der Waals surface area (Å²) in [6.45, 7) is 0. The van der Waals surface area contributed by atoms with E-state index in [1.807, 2.05) is 18.2 Å². The van der Waals surface area contributed by atoms with Gasteiger partial charge in [-0.2, -0.15) is 0 Å². The van der Waals surface area contributed by atoms with Crippen molar-refractivity contribution >= 4 is 223 Å². The van der Waals surface area contributed by atoms with E-state index in [2.05, 4.69) is 218 Å². The Balaban J connectivity index is 0.00000129. The van der Waals surface area contributed by atoms with E-state index in [0.717, 1.165) is 108 Å². The van der Waals surface area contributed by atoms with Crippen LogP contribution >= 0.6 is 177 Å². The van der Waals surface area contributed by atoms with Crippen LogP contribution in [0.25, 0.3) is 0 Å². The fourth-order valence-electron chi connectivity index (χ4n) is 8.56. The molecular weight excluding hydrogens is 2120 g/mol. The van der Waals surface area contributed by atoms with Crippen LogP contribution < -0.4 is 63.8 Å². The van der Waals surface area contributed by atoms with Gasteiger partial charge in [0.25, 0.3) is 0 Å². The molecule has 0 bridgehead atoms. The van der Waals surface area contributed by atoms with Gasteiger partial charge in [-0.3, -0.25) is 0 Å². The fourth-order valence-corrected chi connectivity index (χ4v) is 8.56. The second-order valence-corrected chi connectivity index (χ2v) is 170. The van der Waals surface area contributed by atoms with Gasteiger partial charge in [-0.15, -0.1) is 0 Å². The van der Waals surface area contributed by atoms with Gasteiger partial charge in [-0.05, 0) is 127 Å². The number of hydrogen-bond donors (Lipinski definition) is 0. The number of rotatable bonds is 15. The molecule has 0 saturated carbocycles. The predicted molar refractivity (Wildman–Crippen MR) is 400 cm³/mol. The maximum absolute atomic E-state index is 5.66. The van der Waals surface area contributed by atoms with Gasteiger partial charge in [-0.25, -0.2) is 0 Å². The van der Waals surface area contributed by atoms with E-state index in [-0.39, 0.29) is 49.6 Å². The molecule has 0 heterocycles. The van der Waals surface area contributed by atoms with Gasteiger partial charge in [0.2, 0.25) is 0 Å². The molecule has 0 atom stereocenters. The summed E-state index contributed by atoms with van der Waals surface area (Å²) >= 11 is -17.3. The quantitative estimate of drug-likeness (QED) is 0.0582. The molecule has 0 fully saturated rings. The molecule has 0 unspecified atom stereocenters. The van der Waals surface area contributed by atoms with E-state index in [0.29, 0.717) is 0 Å². The van der Waals surface area contributed by atoms with E-state index in [1.165, 1.54) is 0 Å². The second kappa shape index (κ2) is 39.7. The summed E-state index contributed by atoms with van der Waals surface area (Å²) in [6.07, 6.45) is 0. The molecule has 9 aromatic rings. The number of halogens is 24. The first-order valence-electron chi connectivity index (χ1n) is 24.9. The van der Waals surface area contributed by atoms with Gasteiger partial charge >= 0.3 is 223 Å². The third-order valence-electron chi connectivity index (χ3n) is 11.6. The first kappa shape index (κ1) is 92.1. The maximum atomic E-state index is 5.66. The zero-order valence-electron chi connectivity index (χ0n) is 47.1. The topological polar surface area (TPSA) is 27.7 Å². The Morgan fingerprint density at radius 2 is 0.326 bits per heavy atom. The zero-order chi connectivity index (χ0) is 65.5. The molecule has 0 N–H and O–H groups in total. The Bertz CT molecular complexity index is 3180. The van der Waals surface area contributed by atoms with E-state index in [1.54, 1.807) is 21.3 Å². The van der Waals surface area contributed by atoms with Gasteiger partial charge < -0.3 is 63.8 Å². The predicted octanol–water partition coefficient (Wildman–Crippen LogP) is 14.1. The van der Waals surface area contributed by atoms with Crippen LogP contribution in [0.2, 0.25) is 0 Å². The molecule has 498 valence electrons. The summed E-state index contributed by atoms with van der Waals surface area (Å²) in [6, 6.07) is 83.6. The van der Waals surface area contributed by atoms with Crippen LogP contribution in [0.3, 0.4) is 0 Å². The molecule has 0 aliphatic heterocycles. The van der Waals surface area contributed by atoms with Crippen LogP contribution in [-0.2, 0) is 0 Å². The summed E-state index contributed by atoms with van der Waals surface area (Å²) in [5.74, 6) is 7.03. The van der Waals surface area contributed by atoms with Crippen molar-refractivity contribution in [1.82, 2.24) is 0 Å². The van der Waals surface area contributed by atoms with Crippen LogP contribution in [0.1, 0.15) is 66.8 Å². The molecular formula is C61H48Cl24O3Sb4. The van der Waals surface area contributed by atoms with Crippen molar-refractivity contribution in [2.75, 3.05) is 21.3 Å². The summed E-state index contributed by atoms with van der Waals surface area (Å²) in [5.41, 5.74) is 13.4. The molecule has 0 radical (unpaired) electrons. The van der Waals surface area contributed by atoms with E-state index in [9.17, 15) is 0 Å². The average Bonchev–Trinajstić information content (AvgIpc) is 0.795. The van der Waals surface area contributed by atoms with Crippen LogP contribution in [0.15, 0.2) is 237 Å². The Morgan fingerprint density at radius 3 is 0.478 bits per heavy atom. The van der Waals surface area contributed by atoms with E-state index < -0.39 is 46.8 Å². The van der Waals surface area contributed by atoms with E-state index in [4.69, 9.17) is 191 Å². The molecule has 31 heteroatoms. The normalized spacial score (nSPS) is 12.5. The Kier molecular flexibility index (Phi) is 39.7. The third kappa shape index (κ3) is 38.9. The minimum atomic E-state index is -4.33. The van der Waals surface area contributed by atoms with Crippen molar-refractivity contribution in [2.24, 2.45) is 0 Å². The zero-order valence-corrected chi connectivity index (χ0v) is 75.5. The van der Waals surface area contributed by atoms with Crippen molar-refractivity contribution in [3.8, 4) is 17.2 Å². The molecule has 9 rings (SSSR count). The van der Waals surface area contributed by atoms with Crippen molar-refractivity contribution in [3.63, 3.8) is 0 Å². The van der Waals surface area contributed by atoms with Crippen molar-refractivity contribution in [3.05, 3.63) is 327 Å². The van der Waals surface area contributed by atoms with Crippen molar-refractivity contribution in [1.29, 1.82) is 0 Å². The number of ether oxygens (including phenoxy) is 3. The Hall–Kier alpha value is 2.09. The molecule has 3 nitrogen and oxygen atoms in total. The molecule has 0 spiro atoms. The molecule has 0 aliphatic rings. The number of methoxy groups -OCH3 is 3. The second-order valence-electron chi connectivity index (χ2n) is 18.1. The van der Waals surface area contributed by atoms with Gasteiger partial charge in [0.15, 0.2) is 0 Å². The fraction of sp³-hybridized carbons (Fsp3) is 0.0492. The third-order valence-corrected chi connectivity index (χ3v) is 11.6. The molecule has 0 aromatic heterocycles. The van der Waals surface area contributed by atoms with Crippen LogP contribution in [-0.4, -0.2) is 68.1 Å². The van der Waals surface area contributed by atoms with Gasteiger partial charge in [0.1, 0.15) is 17.2 Å². The first-order chi connectivity index (χ1) is 40.5. The van der Waals surface area contributed by atoms with Crippen molar-refractivity contribution < 1.29 is 63.8 Å². The van der Waals surface area contributed by atoms with Crippen molar-refractivity contribution in [2.45, 2.75) is 0 Å². The SMILES string of the molecule is COc1cccc([C+](c2ccccc2)c2ccc([C+](c3ccc([C+](c4ccccc4)c4cccc(OC)c4)cc3)c3ccc([C+](c4ccccc4)c4cccc(OC)c4)cc3)cc2)c1.[Cl-].[Cl-].[Cl-].[Cl-].[Cl][Sb]([Cl])([Cl])([Cl])[Cl].[Cl][Sb]([Cl])([Cl])([Cl])[Cl].[Cl][Sb]([Cl])([Cl])([Cl])[Cl].[Cl][Sb]([Cl])([Cl])([Cl])[Cl]. The molecule has 0 amide bonds. The van der Waals surface area contributed by atoms with Crippen LogP contribution in [0.4, 0.5) is 0 Å². The van der Waals surface area contributed by atoms with Gasteiger partial charge in [-0.1, -0.05) is 18.2 Å². The number of benzene rings is 9. The molecule has 9 aromatic carbocycles. The van der Waals surface area contributed by atoms with Crippen LogP contribution in [0.5, 0.6) is 17.2 Å². The molecule has 0 saturated heterocycles. The summed E-state index contributed by atoms with van der Waals surface area (Å²) in [5, 5.41) is 0. The van der Waals surface area contributed by atoms with E-state index >= 15 is 0 Å². The summed E-state index contributed by atoms with van der Waals surface area (Å²) in [7, 11) is 106.